The topological polar surface area (TPSA) is 43.1 Å². The second-order valence-corrected chi connectivity index (χ2v) is 8.09. The van der Waals surface area contributed by atoms with Crippen LogP contribution < -0.4 is 5.73 Å². The Labute approximate surface area is 114 Å². The molecule has 0 spiro atoms. The Bertz CT molecular complexity index is 491. The van der Waals surface area contributed by atoms with Crippen LogP contribution in [0.15, 0.2) is 0 Å². The maximum atomic E-state index is 12.6. The van der Waals surface area contributed by atoms with Crippen LogP contribution in [0.2, 0.25) is 0 Å². The number of thiophene rings is 1. The average molecular weight is 265 g/mol. The van der Waals surface area contributed by atoms with Crippen LogP contribution in [-0.4, -0.2) is 5.78 Å². The Balaban J connectivity index is 2.63. The molecule has 1 heterocycles. The number of fused-ring (bicyclic) bond motifs is 1. The average Bonchev–Trinajstić information content (AvgIpc) is 2.53. The van der Waals surface area contributed by atoms with Gasteiger partial charge in [0.1, 0.15) is 0 Å². The van der Waals surface area contributed by atoms with Crippen LogP contribution in [-0.2, 0) is 11.8 Å². The summed E-state index contributed by atoms with van der Waals surface area (Å²) in [6.45, 7) is 10.4. The SMILES string of the molecule is CC(C)(C)C(=O)c1c(N)sc2c1C(C)(C)CCC2. The molecule has 3 heteroatoms. The number of carbonyl (C=O) groups excluding carboxylic acids is 1. The van der Waals surface area contributed by atoms with Crippen LogP contribution in [0.4, 0.5) is 5.00 Å². The van der Waals surface area contributed by atoms with Crippen molar-refractivity contribution in [2.24, 2.45) is 5.41 Å². The molecule has 0 aromatic carbocycles. The second kappa shape index (κ2) is 4.09. The highest BCUT2D eigenvalue weighted by Crippen LogP contribution is 2.47. The first kappa shape index (κ1) is 13.6. The normalized spacial score (nSPS) is 18.5. The molecule has 2 rings (SSSR count). The number of ketones is 1. The fraction of sp³-hybridized carbons (Fsp3) is 0.667. The molecule has 0 unspecified atom stereocenters. The first-order valence-corrected chi connectivity index (χ1v) is 7.42. The molecule has 18 heavy (non-hydrogen) atoms. The van der Waals surface area contributed by atoms with Gasteiger partial charge in [0.2, 0.25) is 0 Å². The minimum Gasteiger partial charge on any atom is -0.390 e. The van der Waals surface area contributed by atoms with Gasteiger partial charge in [0, 0.05) is 10.3 Å². The van der Waals surface area contributed by atoms with E-state index < -0.39 is 0 Å². The van der Waals surface area contributed by atoms with Gasteiger partial charge >= 0.3 is 0 Å². The van der Waals surface area contributed by atoms with E-state index in [9.17, 15) is 4.79 Å². The van der Waals surface area contributed by atoms with E-state index in [0.717, 1.165) is 23.4 Å². The standard InChI is InChI=1S/C15H23NOS/c1-14(2,3)12(17)10-11-9(18-13(10)16)7-6-8-15(11,4)5/h6-8,16H2,1-5H3. The van der Waals surface area contributed by atoms with Gasteiger partial charge in [-0.3, -0.25) is 4.79 Å². The summed E-state index contributed by atoms with van der Waals surface area (Å²) in [5.74, 6) is 0.187. The third kappa shape index (κ3) is 2.09. The zero-order valence-corrected chi connectivity index (χ0v) is 12.8. The van der Waals surface area contributed by atoms with Crippen molar-refractivity contribution in [2.45, 2.75) is 59.3 Å². The molecule has 2 nitrogen and oxygen atoms in total. The second-order valence-electron chi connectivity index (χ2n) is 6.96. The number of carbonyl (C=O) groups is 1. The first-order chi connectivity index (χ1) is 8.14. The summed E-state index contributed by atoms with van der Waals surface area (Å²) in [4.78, 5) is 14.0. The van der Waals surface area contributed by atoms with Crippen molar-refractivity contribution in [3.8, 4) is 0 Å². The molecule has 1 aliphatic rings. The number of hydrogen-bond donors (Lipinski definition) is 1. The molecule has 0 aliphatic heterocycles. The molecule has 1 aromatic rings. The van der Waals surface area contributed by atoms with Crippen molar-refractivity contribution in [3.63, 3.8) is 0 Å². The Kier molecular flexibility index (Phi) is 3.09. The zero-order valence-electron chi connectivity index (χ0n) is 12.0. The van der Waals surface area contributed by atoms with Gasteiger partial charge in [-0.1, -0.05) is 34.6 Å². The predicted molar refractivity (Wildman–Crippen MR) is 78.5 cm³/mol. The molecule has 0 bridgehead atoms. The van der Waals surface area contributed by atoms with Crippen LogP contribution in [0.25, 0.3) is 0 Å². The molecule has 100 valence electrons. The summed E-state index contributed by atoms with van der Waals surface area (Å²) >= 11 is 1.62. The Hall–Kier alpha value is -0.830. The number of nitrogen functional groups attached to an aromatic ring is 1. The number of aryl methyl sites for hydroxylation is 1. The minimum atomic E-state index is -0.365. The van der Waals surface area contributed by atoms with Crippen molar-refractivity contribution < 1.29 is 4.79 Å². The summed E-state index contributed by atoms with van der Waals surface area (Å²) in [6.07, 6.45) is 3.41. The highest BCUT2D eigenvalue weighted by atomic mass is 32.1. The maximum absolute atomic E-state index is 12.6. The van der Waals surface area contributed by atoms with Gasteiger partial charge in [-0.15, -0.1) is 11.3 Å². The summed E-state index contributed by atoms with van der Waals surface area (Å²) in [6, 6.07) is 0. The Morgan fingerprint density at radius 1 is 1.33 bits per heavy atom. The third-order valence-corrected chi connectivity index (χ3v) is 4.88. The maximum Gasteiger partial charge on any atom is 0.171 e. The lowest BCUT2D eigenvalue weighted by atomic mass is 9.71. The summed E-state index contributed by atoms with van der Waals surface area (Å²) in [5.41, 5.74) is 7.90. The van der Waals surface area contributed by atoms with Crippen molar-refractivity contribution in [1.29, 1.82) is 0 Å². The molecule has 0 radical (unpaired) electrons. The van der Waals surface area contributed by atoms with Crippen molar-refractivity contribution in [1.82, 2.24) is 0 Å². The van der Waals surface area contributed by atoms with Gasteiger partial charge in [-0.25, -0.2) is 0 Å². The van der Waals surface area contributed by atoms with Gasteiger partial charge in [0.25, 0.3) is 0 Å². The number of hydrogen-bond acceptors (Lipinski definition) is 3. The quantitative estimate of drug-likeness (QED) is 0.774. The van der Waals surface area contributed by atoms with Crippen molar-refractivity contribution in [2.75, 3.05) is 5.73 Å². The van der Waals surface area contributed by atoms with Crippen LogP contribution in [0.1, 0.15) is 68.3 Å². The Morgan fingerprint density at radius 3 is 2.50 bits per heavy atom. The lowest BCUT2D eigenvalue weighted by Gasteiger charge is -2.32. The van der Waals surface area contributed by atoms with Crippen LogP contribution >= 0.6 is 11.3 Å². The van der Waals surface area contributed by atoms with Crippen LogP contribution in [0.5, 0.6) is 0 Å². The van der Waals surface area contributed by atoms with E-state index in [-0.39, 0.29) is 16.6 Å². The lowest BCUT2D eigenvalue weighted by molar-refractivity contribution is 0.0857. The molecule has 2 N–H and O–H groups in total. The van der Waals surface area contributed by atoms with E-state index in [1.807, 2.05) is 20.8 Å². The smallest absolute Gasteiger partial charge is 0.171 e. The predicted octanol–water partition coefficient (Wildman–Crippen LogP) is 4.17. The first-order valence-electron chi connectivity index (χ1n) is 6.61. The van der Waals surface area contributed by atoms with E-state index in [4.69, 9.17) is 5.73 Å². The third-order valence-electron chi connectivity index (χ3n) is 3.80. The number of anilines is 1. The van der Waals surface area contributed by atoms with E-state index in [2.05, 4.69) is 13.8 Å². The van der Waals surface area contributed by atoms with E-state index in [1.165, 1.54) is 16.9 Å². The number of nitrogens with two attached hydrogens (primary N) is 1. The monoisotopic (exact) mass is 265 g/mol. The zero-order chi connectivity index (χ0) is 13.7. The Morgan fingerprint density at radius 2 is 1.94 bits per heavy atom. The molecular formula is C15H23NOS. The van der Waals surface area contributed by atoms with E-state index >= 15 is 0 Å². The highest BCUT2D eigenvalue weighted by Gasteiger charge is 2.38. The fourth-order valence-corrected chi connectivity index (χ4v) is 4.09. The molecule has 0 saturated carbocycles. The van der Waals surface area contributed by atoms with Gasteiger partial charge in [0.15, 0.2) is 5.78 Å². The van der Waals surface area contributed by atoms with Gasteiger partial charge < -0.3 is 5.73 Å². The van der Waals surface area contributed by atoms with Gasteiger partial charge in [0.05, 0.1) is 10.6 Å². The fourth-order valence-electron chi connectivity index (χ4n) is 2.81. The largest absolute Gasteiger partial charge is 0.390 e. The molecular weight excluding hydrogens is 242 g/mol. The van der Waals surface area contributed by atoms with Crippen molar-refractivity contribution in [3.05, 3.63) is 16.0 Å². The number of rotatable bonds is 1. The lowest BCUT2D eigenvalue weighted by Crippen LogP contribution is -2.28. The molecule has 0 atom stereocenters. The van der Waals surface area contributed by atoms with Gasteiger partial charge in [-0.05, 0) is 30.2 Å². The van der Waals surface area contributed by atoms with Crippen LogP contribution in [0, 0.1) is 5.41 Å². The summed E-state index contributed by atoms with van der Waals surface area (Å²) in [7, 11) is 0. The number of Topliss-reactive ketones (excluding diaryl/α,β-unsaturated/α-hetero) is 1. The van der Waals surface area contributed by atoms with E-state index in [1.54, 1.807) is 11.3 Å². The van der Waals surface area contributed by atoms with Crippen molar-refractivity contribution >= 4 is 22.1 Å². The van der Waals surface area contributed by atoms with Crippen LogP contribution in [0.3, 0.4) is 0 Å². The van der Waals surface area contributed by atoms with Gasteiger partial charge in [-0.2, -0.15) is 0 Å². The molecule has 1 aromatic heterocycles. The molecule has 0 amide bonds. The molecule has 0 fully saturated rings. The molecule has 0 saturated heterocycles. The highest BCUT2D eigenvalue weighted by molar-refractivity contribution is 7.16. The minimum absolute atomic E-state index is 0.0813. The van der Waals surface area contributed by atoms with E-state index in [0.29, 0.717) is 0 Å². The summed E-state index contributed by atoms with van der Waals surface area (Å²) in [5, 5.41) is 0.718. The summed E-state index contributed by atoms with van der Waals surface area (Å²) < 4.78 is 0. The molecule has 1 aliphatic carbocycles.